The van der Waals surface area contributed by atoms with Crippen LogP contribution >= 0.6 is 0 Å². The van der Waals surface area contributed by atoms with Crippen LogP contribution in [-0.4, -0.2) is 17.4 Å². The highest BCUT2D eigenvalue weighted by atomic mass is 16.6. The van der Waals surface area contributed by atoms with E-state index in [0.29, 0.717) is 18.7 Å². The summed E-state index contributed by atoms with van der Waals surface area (Å²) in [5.74, 6) is 0.0467. The minimum atomic E-state index is -0.880. The van der Waals surface area contributed by atoms with Crippen molar-refractivity contribution in [2.75, 3.05) is 0 Å². The Morgan fingerprint density at radius 1 is 1.17 bits per heavy atom. The summed E-state index contributed by atoms with van der Waals surface area (Å²) in [6.45, 7) is 7.34. The number of cyclic esters (lactones) is 1. The molecule has 0 bridgehead atoms. The van der Waals surface area contributed by atoms with Gasteiger partial charge in [0.05, 0.1) is 0 Å². The van der Waals surface area contributed by atoms with Crippen LogP contribution in [0.3, 0.4) is 0 Å². The van der Waals surface area contributed by atoms with Crippen molar-refractivity contribution in [1.82, 2.24) is 0 Å². The molecule has 0 fully saturated rings. The predicted molar refractivity (Wildman–Crippen MR) is 71.4 cm³/mol. The van der Waals surface area contributed by atoms with E-state index in [-0.39, 0.29) is 5.97 Å². The second-order valence-electron chi connectivity index (χ2n) is 4.19. The normalized spacial score (nSPS) is 16.9. The van der Waals surface area contributed by atoms with Gasteiger partial charge in [0.15, 0.2) is 5.54 Å². The molecule has 0 aromatic heterocycles. The molecule has 0 N–H and O–H groups in total. The second kappa shape index (κ2) is 5.00. The molecule has 18 heavy (non-hydrogen) atoms. The van der Waals surface area contributed by atoms with Gasteiger partial charge in [0.25, 0.3) is 0 Å². The molecule has 3 heteroatoms. The van der Waals surface area contributed by atoms with E-state index in [1.54, 1.807) is 12.2 Å². The fourth-order valence-corrected chi connectivity index (χ4v) is 1.97. The molecule has 1 aliphatic rings. The van der Waals surface area contributed by atoms with Gasteiger partial charge in [-0.05, 0) is 12.1 Å². The van der Waals surface area contributed by atoms with Crippen LogP contribution in [-0.2, 0) is 9.53 Å². The monoisotopic (exact) mass is 241 g/mol. The first-order valence-corrected chi connectivity index (χ1v) is 5.81. The molecule has 1 aromatic rings. The number of esters is 1. The van der Waals surface area contributed by atoms with Crippen LogP contribution in [0.1, 0.15) is 18.4 Å². The van der Waals surface area contributed by atoms with Crippen molar-refractivity contribution >= 4 is 11.9 Å². The molecular formula is C15H15NO2. The van der Waals surface area contributed by atoms with Crippen molar-refractivity contribution in [1.29, 1.82) is 0 Å². The molecule has 1 heterocycles. The molecule has 1 aliphatic heterocycles. The third-order valence-electron chi connectivity index (χ3n) is 2.87. The van der Waals surface area contributed by atoms with E-state index >= 15 is 0 Å². The van der Waals surface area contributed by atoms with Gasteiger partial charge < -0.3 is 4.74 Å². The molecule has 1 aromatic carbocycles. The van der Waals surface area contributed by atoms with Crippen LogP contribution < -0.4 is 0 Å². The van der Waals surface area contributed by atoms with Crippen LogP contribution in [0.5, 0.6) is 0 Å². The van der Waals surface area contributed by atoms with E-state index in [1.807, 2.05) is 30.3 Å². The van der Waals surface area contributed by atoms with Crippen molar-refractivity contribution in [3.8, 4) is 0 Å². The molecule has 92 valence electrons. The number of rotatable bonds is 5. The van der Waals surface area contributed by atoms with Gasteiger partial charge in [0.1, 0.15) is 0 Å². The molecule has 0 atom stereocenters. The van der Waals surface area contributed by atoms with Gasteiger partial charge in [0, 0.05) is 18.4 Å². The topological polar surface area (TPSA) is 38.7 Å². The van der Waals surface area contributed by atoms with Crippen LogP contribution in [0, 0.1) is 0 Å². The van der Waals surface area contributed by atoms with E-state index in [4.69, 9.17) is 4.74 Å². The second-order valence-corrected chi connectivity index (χ2v) is 4.19. The molecular weight excluding hydrogens is 226 g/mol. The molecule has 0 unspecified atom stereocenters. The number of ether oxygens (including phenoxy) is 1. The van der Waals surface area contributed by atoms with E-state index in [1.165, 1.54) is 0 Å². The van der Waals surface area contributed by atoms with Gasteiger partial charge in [-0.25, -0.2) is 9.79 Å². The van der Waals surface area contributed by atoms with Crippen LogP contribution in [0.2, 0.25) is 0 Å². The summed E-state index contributed by atoms with van der Waals surface area (Å²) in [5, 5.41) is 0. The number of carbonyl (C=O) groups is 1. The maximum Gasteiger partial charge on any atom is 0.341 e. The summed E-state index contributed by atoms with van der Waals surface area (Å²) in [6, 6.07) is 9.40. The van der Waals surface area contributed by atoms with Crippen molar-refractivity contribution < 1.29 is 9.53 Å². The Kier molecular flexibility index (Phi) is 3.42. The number of benzene rings is 1. The average Bonchev–Trinajstić information content (AvgIpc) is 2.69. The summed E-state index contributed by atoms with van der Waals surface area (Å²) in [4.78, 5) is 16.5. The number of hydrogen-bond acceptors (Lipinski definition) is 3. The lowest BCUT2D eigenvalue weighted by atomic mass is 9.92. The zero-order valence-electron chi connectivity index (χ0n) is 10.1. The Bertz CT molecular complexity index is 492. The maximum absolute atomic E-state index is 12.0. The molecule has 0 saturated carbocycles. The Hall–Kier alpha value is -2.16. The van der Waals surface area contributed by atoms with Gasteiger partial charge in [-0.2, -0.15) is 0 Å². The fraction of sp³-hybridized carbons (Fsp3) is 0.200. The van der Waals surface area contributed by atoms with Crippen LogP contribution in [0.4, 0.5) is 0 Å². The Balaban J connectivity index is 2.38. The summed E-state index contributed by atoms with van der Waals surface area (Å²) >= 11 is 0. The standard InChI is InChI=1S/C15H15NO2/c1-3-10-15(11-4-2)14(17)18-13(16-15)12-8-6-5-7-9-12/h3-9H,1-2,10-11H2. The molecule has 2 rings (SSSR count). The van der Waals surface area contributed by atoms with Crippen LogP contribution in [0.25, 0.3) is 0 Å². The summed E-state index contributed by atoms with van der Waals surface area (Å²) in [7, 11) is 0. The van der Waals surface area contributed by atoms with Crippen LogP contribution in [0.15, 0.2) is 60.6 Å². The molecule has 0 saturated heterocycles. The number of hydrogen-bond donors (Lipinski definition) is 0. The third-order valence-corrected chi connectivity index (χ3v) is 2.87. The Morgan fingerprint density at radius 2 is 1.78 bits per heavy atom. The number of aliphatic imine (C=N–C) groups is 1. The highest BCUT2D eigenvalue weighted by Crippen LogP contribution is 2.30. The SMILES string of the molecule is C=CCC1(CC=C)N=C(c2ccccc2)OC1=O. The van der Waals surface area contributed by atoms with Crippen molar-refractivity contribution in [3.05, 3.63) is 61.2 Å². The highest BCUT2D eigenvalue weighted by Gasteiger charge is 2.44. The zero-order chi connectivity index (χ0) is 13.0. The third kappa shape index (κ3) is 2.12. The fourth-order valence-electron chi connectivity index (χ4n) is 1.97. The minimum Gasteiger partial charge on any atom is -0.405 e. The van der Waals surface area contributed by atoms with E-state index in [9.17, 15) is 4.79 Å². The van der Waals surface area contributed by atoms with E-state index in [0.717, 1.165) is 5.56 Å². The van der Waals surface area contributed by atoms with E-state index in [2.05, 4.69) is 18.2 Å². The molecule has 3 nitrogen and oxygen atoms in total. The summed E-state index contributed by atoms with van der Waals surface area (Å²) in [5.41, 5.74) is -0.0739. The molecule has 0 radical (unpaired) electrons. The van der Waals surface area contributed by atoms with Crippen molar-refractivity contribution in [2.24, 2.45) is 4.99 Å². The lowest BCUT2D eigenvalue weighted by Crippen LogP contribution is -2.32. The maximum atomic E-state index is 12.0. The number of carbonyl (C=O) groups excluding carboxylic acids is 1. The zero-order valence-corrected chi connectivity index (χ0v) is 10.1. The number of nitrogens with zero attached hydrogens (tertiary/aromatic N) is 1. The molecule has 0 aliphatic carbocycles. The first-order chi connectivity index (χ1) is 8.72. The summed E-state index contributed by atoms with van der Waals surface area (Å²) < 4.78 is 5.28. The Labute approximate surface area is 107 Å². The Morgan fingerprint density at radius 3 is 2.33 bits per heavy atom. The van der Waals surface area contributed by atoms with Gasteiger partial charge in [-0.15, -0.1) is 13.2 Å². The van der Waals surface area contributed by atoms with Gasteiger partial charge >= 0.3 is 5.97 Å². The van der Waals surface area contributed by atoms with Gasteiger partial charge in [0.2, 0.25) is 5.90 Å². The lowest BCUT2D eigenvalue weighted by molar-refractivity contribution is -0.138. The first kappa shape index (κ1) is 12.3. The van der Waals surface area contributed by atoms with Crippen molar-refractivity contribution in [2.45, 2.75) is 18.4 Å². The average molecular weight is 241 g/mol. The van der Waals surface area contributed by atoms with E-state index < -0.39 is 5.54 Å². The smallest absolute Gasteiger partial charge is 0.341 e. The molecule has 0 amide bonds. The van der Waals surface area contributed by atoms with Gasteiger partial charge in [-0.3, -0.25) is 0 Å². The first-order valence-electron chi connectivity index (χ1n) is 5.81. The highest BCUT2D eigenvalue weighted by molar-refractivity contribution is 6.08. The van der Waals surface area contributed by atoms with Gasteiger partial charge in [-0.1, -0.05) is 30.4 Å². The summed E-state index contributed by atoms with van der Waals surface area (Å²) in [6.07, 6.45) is 4.27. The largest absolute Gasteiger partial charge is 0.405 e. The lowest BCUT2D eigenvalue weighted by Gasteiger charge is -2.17. The quantitative estimate of drug-likeness (QED) is 0.587. The minimum absolute atomic E-state index is 0.332. The molecule has 0 spiro atoms. The predicted octanol–water partition coefficient (Wildman–Crippen LogP) is 2.88. The van der Waals surface area contributed by atoms with Crippen molar-refractivity contribution in [3.63, 3.8) is 0 Å².